The van der Waals surface area contributed by atoms with Crippen LogP contribution in [0.15, 0.2) is 36.5 Å². The van der Waals surface area contributed by atoms with Crippen molar-refractivity contribution in [3.63, 3.8) is 0 Å². The van der Waals surface area contributed by atoms with Crippen LogP contribution in [0.3, 0.4) is 0 Å². The first-order chi connectivity index (χ1) is 10.4. The van der Waals surface area contributed by atoms with Crippen molar-refractivity contribution >= 4 is 50.4 Å². The van der Waals surface area contributed by atoms with Gasteiger partial charge in [-0.05, 0) is 30.7 Å². The van der Waals surface area contributed by atoms with Crippen molar-refractivity contribution in [1.29, 1.82) is 0 Å². The van der Waals surface area contributed by atoms with Gasteiger partial charge in [0.05, 0.1) is 33.4 Å². The second kappa shape index (κ2) is 7.17. The first-order valence-electron chi connectivity index (χ1n) is 6.59. The summed E-state index contributed by atoms with van der Waals surface area (Å²) in [6, 6.07) is 8.51. The SMILES string of the molecule is CCCS(=O)(=O)Nc1ccc(Nc2cccc(Cl)c2Cl)nc1. The number of nitrogens with zero attached hydrogens (tertiary/aromatic N) is 1. The lowest BCUT2D eigenvalue weighted by atomic mass is 10.3. The summed E-state index contributed by atoms with van der Waals surface area (Å²) in [5.41, 5.74) is 1.04. The molecule has 0 bridgehead atoms. The highest BCUT2D eigenvalue weighted by Crippen LogP contribution is 2.31. The first-order valence-corrected chi connectivity index (χ1v) is 8.99. The second-order valence-electron chi connectivity index (χ2n) is 4.58. The Labute approximate surface area is 139 Å². The molecular formula is C14H15Cl2N3O2S. The molecule has 0 aliphatic heterocycles. The van der Waals surface area contributed by atoms with Gasteiger partial charge in [0, 0.05) is 0 Å². The maximum atomic E-state index is 11.7. The van der Waals surface area contributed by atoms with E-state index < -0.39 is 10.0 Å². The Balaban J connectivity index is 2.11. The van der Waals surface area contributed by atoms with Crippen LogP contribution in [0.5, 0.6) is 0 Å². The molecule has 0 aliphatic rings. The molecule has 0 unspecified atom stereocenters. The summed E-state index contributed by atoms with van der Waals surface area (Å²) in [6.45, 7) is 1.80. The molecule has 5 nitrogen and oxygen atoms in total. The fourth-order valence-electron chi connectivity index (χ4n) is 1.77. The Hall–Kier alpha value is -1.50. The molecule has 2 N–H and O–H groups in total. The molecule has 0 aliphatic carbocycles. The molecule has 1 aromatic carbocycles. The molecule has 0 radical (unpaired) electrons. The van der Waals surface area contributed by atoms with E-state index in [0.29, 0.717) is 33.7 Å². The number of hydrogen-bond donors (Lipinski definition) is 2. The van der Waals surface area contributed by atoms with Crippen LogP contribution < -0.4 is 10.0 Å². The molecule has 22 heavy (non-hydrogen) atoms. The third-order valence-corrected chi connectivity index (χ3v) is 5.04. The molecule has 0 spiro atoms. The average Bonchev–Trinajstić information content (AvgIpc) is 2.45. The molecule has 0 saturated carbocycles. The number of pyridine rings is 1. The van der Waals surface area contributed by atoms with Gasteiger partial charge >= 0.3 is 0 Å². The molecule has 0 atom stereocenters. The van der Waals surface area contributed by atoms with Gasteiger partial charge in [0.1, 0.15) is 5.82 Å². The third kappa shape index (κ3) is 4.50. The molecule has 0 fully saturated rings. The molecule has 1 heterocycles. The van der Waals surface area contributed by atoms with Gasteiger partial charge in [0.2, 0.25) is 10.0 Å². The summed E-state index contributed by atoms with van der Waals surface area (Å²) < 4.78 is 25.8. The smallest absolute Gasteiger partial charge is 0.232 e. The molecule has 2 rings (SSSR count). The normalized spacial score (nSPS) is 11.2. The summed E-state index contributed by atoms with van der Waals surface area (Å²) in [5, 5.41) is 3.87. The molecule has 0 saturated heterocycles. The highest BCUT2D eigenvalue weighted by Gasteiger charge is 2.09. The van der Waals surface area contributed by atoms with Gasteiger partial charge in [-0.25, -0.2) is 13.4 Å². The number of aromatic nitrogens is 1. The Bertz CT molecular complexity index is 749. The number of hydrogen-bond acceptors (Lipinski definition) is 4. The van der Waals surface area contributed by atoms with Crippen molar-refractivity contribution in [3.8, 4) is 0 Å². The minimum absolute atomic E-state index is 0.0745. The average molecular weight is 360 g/mol. The van der Waals surface area contributed by atoms with Crippen LogP contribution in [-0.2, 0) is 10.0 Å². The Kier molecular flexibility index (Phi) is 5.50. The number of nitrogens with one attached hydrogen (secondary N) is 2. The molecule has 2 aromatic rings. The van der Waals surface area contributed by atoms with Crippen LogP contribution in [0, 0.1) is 0 Å². The zero-order valence-electron chi connectivity index (χ0n) is 11.8. The van der Waals surface area contributed by atoms with Crippen molar-refractivity contribution in [1.82, 2.24) is 4.98 Å². The van der Waals surface area contributed by atoms with E-state index >= 15 is 0 Å². The number of rotatable bonds is 6. The predicted molar refractivity (Wildman–Crippen MR) is 91.7 cm³/mol. The van der Waals surface area contributed by atoms with E-state index in [2.05, 4.69) is 15.0 Å². The largest absolute Gasteiger partial charge is 0.339 e. The topological polar surface area (TPSA) is 71.1 Å². The van der Waals surface area contributed by atoms with Crippen LogP contribution in [0.4, 0.5) is 17.2 Å². The summed E-state index contributed by atoms with van der Waals surface area (Å²) in [4.78, 5) is 4.15. The quantitative estimate of drug-likeness (QED) is 0.807. The van der Waals surface area contributed by atoms with E-state index in [-0.39, 0.29) is 5.75 Å². The van der Waals surface area contributed by atoms with Gasteiger partial charge in [0.15, 0.2) is 0 Å². The lowest BCUT2D eigenvalue weighted by Gasteiger charge is -2.10. The molecular weight excluding hydrogens is 345 g/mol. The van der Waals surface area contributed by atoms with E-state index in [4.69, 9.17) is 23.2 Å². The van der Waals surface area contributed by atoms with Gasteiger partial charge < -0.3 is 5.32 Å². The van der Waals surface area contributed by atoms with Crippen LogP contribution in [-0.4, -0.2) is 19.2 Å². The van der Waals surface area contributed by atoms with E-state index in [1.807, 2.05) is 0 Å². The lowest BCUT2D eigenvalue weighted by molar-refractivity contribution is 0.600. The zero-order chi connectivity index (χ0) is 16.2. The van der Waals surface area contributed by atoms with Gasteiger partial charge in [-0.3, -0.25) is 4.72 Å². The number of halogens is 2. The minimum Gasteiger partial charge on any atom is -0.339 e. The van der Waals surface area contributed by atoms with Crippen molar-refractivity contribution in [2.24, 2.45) is 0 Å². The van der Waals surface area contributed by atoms with E-state index in [0.717, 1.165) is 0 Å². The van der Waals surface area contributed by atoms with Crippen LogP contribution in [0.1, 0.15) is 13.3 Å². The lowest BCUT2D eigenvalue weighted by Crippen LogP contribution is -2.16. The fraction of sp³-hybridized carbons (Fsp3) is 0.214. The third-order valence-electron chi connectivity index (χ3n) is 2.72. The summed E-state index contributed by atoms with van der Waals surface area (Å²) in [5.74, 6) is 0.605. The zero-order valence-corrected chi connectivity index (χ0v) is 14.1. The monoisotopic (exact) mass is 359 g/mol. The van der Waals surface area contributed by atoms with Crippen LogP contribution >= 0.6 is 23.2 Å². The first kappa shape index (κ1) is 16.9. The number of anilines is 3. The summed E-state index contributed by atoms with van der Waals surface area (Å²) >= 11 is 12.0. The Morgan fingerprint density at radius 3 is 2.59 bits per heavy atom. The van der Waals surface area contributed by atoms with E-state index in [1.54, 1.807) is 37.3 Å². The van der Waals surface area contributed by atoms with Gasteiger partial charge in [-0.15, -0.1) is 0 Å². The van der Waals surface area contributed by atoms with Crippen LogP contribution in [0.2, 0.25) is 10.0 Å². The van der Waals surface area contributed by atoms with Crippen molar-refractivity contribution in [2.45, 2.75) is 13.3 Å². The number of benzene rings is 1. The minimum atomic E-state index is -3.32. The van der Waals surface area contributed by atoms with Crippen LogP contribution in [0.25, 0.3) is 0 Å². The summed E-state index contributed by atoms with van der Waals surface area (Å²) in [7, 11) is -3.32. The molecule has 118 valence electrons. The van der Waals surface area contributed by atoms with E-state index in [9.17, 15) is 8.42 Å². The number of sulfonamides is 1. The Morgan fingerprint density at radius 2 is 1.95 bits per heavy atom. The Morgan fingerprint density at radius 1 is 1.18 bits per heavy atom. The maximum Gasteiger partial charge on any atom is 0.232 e. The highest BCUT2D eigenvalue weighted by molar-refractivity contribution is 7.92. The maximum absolute atomic E-state index is 11.7. The molecule has 1 aromatic heterocycles. The van der Waals surface area contributed by atoms with Gasteiger partial charge in [-0.1, -0.05) is 36.2 Å². The summed E-state index contributed by atoms with van der Waals surface area (Å²) in [6.07, 6.45) is 1.99. The van der Waals surface area contributed by atoms with Crippen molar-refractivity contribution in [3.05, 3.63) is 46.6 Å². The van der Waals surface area contributed by atoms with Gasteiger partial charge in [0.25, 0.3) is 0 Å². The standard InChI is InChI=1S/C14H15Cl2N3O2S/c1-2-8-22(20,21)19-10-6-7-13(17-9-10)18-12-5-3-4-11(15)14(12)16/h3-7,9,19H,2,8H2,1H3,(H,17,18). The molecule has 0 amide bonds. The predicted octanol–water partition coefficient (Wildman–Crippen LogP) is 4.28. The van der Waals surface area contributed by atoms with Crippen molar-refractivity contribution in [2.75, 3.05) is 15.8 Å². The van der Waals surface area contributed by atoms with Gasteiger partial charge in [-0.2, -0.15) is 0 Å². The molecule has 8 heteroatoms. The second-order valence-corrected chi connectivity index (χ2v) is 7.21. The fourth-order valence-corrected chi connectivity index (χ4v) is 3.23. The highest BCUT2D eigenvalue weighted by atomic mass is 35.5. The van der Waals surface area contributed by atoms with Crippen molar-refractivity contribution < 1.29 is 8.42 Å². The van der Waals surface area contributed by atoms with E-state index in [1.165, 1.54) is 6.20 Å².